The fourth-order valence-electron chi connectivity index (χ4n) is 2.12. The Labute approximate surface area is 109 Å². The summed E-state index contributed by atoms with van der Waals surface area (Å²) >= 11 is 0. The lowest BCUT2D eigenvalue weighted by atomic mass is 10.1. The molecule has 0 aliphatic carbocycles. The summed E-state index contributed by atoms with van der Waals surface area (Å²) in [5.41, 5.74) is 0. The third-order valence-corrected chi connectivity index (χ3v) is 3.25. The van der Waals surface area contributed by atoms with Gasteiger partial charge in [0.25, 0.3) is 0 Å². The number of unbranched alkanes of at least 4 members (excludes halogenated alkanes) is 11. The lowest BCUT2D eigenvalue weighted by Crippen LogP contribution is -1.81. The second-order valence-electron chi connectivity index (χ2n) is 4.99. The van der Waals surface area contributed by atoms with E-state index < -0.39 is 0 Å². The molecule has 0 aromatic rings. The van der Waals surface area contributed by atoms with Crippen molar-refractivity contribution in [2.45, 2.75) is 84.0 Å². The smallest absolute Gasteiger partial charge is 0.0348 e. The zero-order valence-electron chi connectivity index (χ0n) is 11.9. The lowest BCUT2D eigenvalue weighted by Gasteiger charge is -2.01. The highest BCUT2D eigenvalue weighted by atomic mass is 14.0. The summed E-state index contributed by atoms with van der Waals surface area (Å²) in [6.45, 7) is 5.95. The van der Waals surface area contributed by atoms with Crippen molar-refractivity contribution in [2.24, 2.45) is 0 Å². The summed E-state index contributed by atoms with van der Waals surface area (Å²) in [4.78, 5) is 0. The van der Waals surface area contributed by atoms with E-state index in [-0.39, 0.29) is 0 Å². The second kappa shape index (κ2) is 15.5. The Kier molecular flexibility index (Phi) is 15.0. The molecule has 0 aliphatic heterocycles. The SMILES string of the molecule is C=CC=CCCCCCCCCCCCCC. The van der Waals surface area contributed by atoms with E-state index in [2.05, 4.69) is 25.7 Å². The first kappa shape index (κ1) is 16.5. The molecule has 0 atom stereocenters. The molecule has 100 valence electrons. The van der Waals surface area contributed by atoms with Crippen LogP contribution in [0.3, 0.4) is 0 Å². The van der Waals surface area contributed by atoms with E-state index >= 15 is 0 Å². The molecule has 0 radical (unpaired) electrons. The molecule has 0 heterocycles. The van der Waals surface area contributed by atoms with Crippen LogP contribution in [0.2, 0.25) is 0 Å². The van der Waals surface area contributed by atoms with Crippen molar-refractivity contribution in [1.82, 2.24) is 0 Å². The van der Waals surface area contributed by atoms with Crippen LogP contribution in [-0.4, -0.2) is 0 Å². The van der Waals surface area contributed by atoms with Crippen molar-refractivity contribution in [1.29, 1.82) is 0 Å². The van der Waals surface area contributed by atoms with Gasteiger partial charge in [0, 0.05) is 0 Å². The predicted molar refractivity (Wildman–Crippen MR) is 80.4 cm³/mol. The van der Waals surface area contributed by atoms with Crippen LogP contribution in [0.5, 0.6) is 0 Å². The minimum atomic E-state index is 1.23. The number of hydrogen-bond acceptors (Lipinski definition) is 0. The standard InChI is InChI=1S/C17H32/c1-3-5-7-9-11-13-15-17-16-14-12-10-8-6-4-2/h3,5,7H,1,4,6,8-17H2,2H3. The Morgan fingerprint density at radius 1 is 0.706 bits per heavy atom. The van der Waals surface area contributed by atoms with Crippen LogP contribution in [0.4, 0.5) is 0 Å². The first-order chi connectivity index (χ1) is 8.41. The second-order valence-corrected chi connectivity index (χ2v) is 4.99. The van der Waals surface area contributed by atoms with Gasteiger partial charge in [-0.2, -0.15) is 0 Å². The number of allylic oxidation sites excluding steroid dienone is 3. The average Bonchev–Trinajstić information content (AvgIpc) is 2.35. The fourth-order valence-corrected chi connectivity index (χ4v) is 2.12. The zero-order chi connectivity index (χ0) is 12.6. The van der Waals surface area contributed by atoms with Gasteiger partial charge >= 0.3 is 0 Å². The average molecular weight is 236 g/mol. The highest BCUT2D eigenvalue weighted by Crippen LogP contribution is 2.11. The van der Waals surface area contributed by atoms with Gasteiger partial charge in [-0.05, 0) is 12.8 Å². The normalized spacial score (nSPS) is 11.1. The first-order valence-electron chi connectivity index (χ1n) is 7.69. The van der Waals surface area contributed by atoms with Gasteiger partial charge in [0.15, 0.2) is 0 Å². The van der Waals surface area contributed by atoms with Gasteiger partial charge in [0.1, 0.15) is 0 Å². The molecule has 0 aromatic carbocycles. The van der Waals surface area contributed by atoms with E-state index in [1.807, 2.05) is 6.08 Å². The Balaban J connectivity index is 2.93. The molecule has 0 N–H and O–H groups in total. The van der Waals surface area contributed by atoms with Crippen LogP contribution >= 0.6 is 0 Å². The van der Waals surface area contributed by atoms with Crippen LogP contribution in [0.1, 0.15) is 84.0 Å². The summed E-state index contributed by atoms with van der Waals surface area (Å²) in [5, 5.41) is 0. The van der Waals surface area contributed by atoms with Gasteiger partial charge in [0.2, 0.25) is 0 Å². The molecule has 0 heteroatoms. The Hall–Kier alpha value is -0.520. The molecule has 0 amide bonds. The molecule has 0 aliphatic rings. The third kappa shape index (κ3) is 15.5. The van der Waals surface area contributed by atoms with E-state index in [1.165, 1.54) is 77.0 Å². The van der Waals surface area contributed by atoms with Gasteiger partial charge in [-0.3, -0.25) is 0 Å². The summed E-state index contributed by atoms with van der Waals surface area (Å²) in [6.07, 6.45) is 23.0. The summed E-state index contributed by atoms with van der Waals surface area (Å²) in [7, 11) is 0. The highest BCUT2D eigenvalue weighted by Gasteiger charge is 1.92. The van der Waals surface area contributed by atoms with Crippen molar-refractivity contribution < 1.29 is 0 Å². The van der Waals surface area contributed by atoms with E-state index in [0.717, 1.165) is 0 Å². The Morgan fingerprint density at radius 3 is 1.65 bits per heavy atom. The Bertz CT molecular complexity index is 167. The van der Waals surface area contributed by atoms with Crippen LogP contribution in [0.25, 0.3) is 0 Å². The van der Waals surface area contributed by atoms with Crippen LogP contribution in [0, 0.1) is 0 Å². The van der Waals surface area contributed by atoms with Gasteiger partial charge in [-0.25, -0.2) is 0 Å². The third-order valence-electron chi connectivity index (χ3n) is 3.25. The first-order valence-corrected chi connectivity index (χ1v) is 7.69. The van der Waals surface area contributed by atoms with Gasteiger partial charge in [-0.1, -0.05) is 95.9 Å². The minimum absolute atomic E-state index is 1.23. The lowest BCUT2D eigenvalue weighted by molar-refractivity contribution is 0.550. The minimum Gasteiger partial charge on any atom is -0.0991 e. The van der Waals surface area contributed by atoms with Gasteiger partial charge in [0.05, 0.1) is 0 Å². The zero-order valence-corrected chi connectivity index (χ0v) is 11.9. The highest BCUT2D eigenvalue weighted by molar-refractivity contribution is 4.96. The van der Waals surface area contributed by atoms with E-state index in [1.54, 1.807) is 0 Å². The topological polar surface area (TPSA) is 0 Å². The maximum Gasteiger partial charge on any atom is -0.0348 e. The molecular weight excluding hydrogens is 204 g/mol. The van der Waals surface area contributed by atoms with E-state index in [0.29, 0.717) is 0 Å². The molecule has 0 nitrogen and oxygen atoms in total. The molecule has 0 bridgehead atoms. The maximum atomic E-state index is 3.67. The molecule has 0 aromatic heterocycles. The van der Waals surface area contributed by atoms with Crippen LogP contribution in [0.15, 0.2) is 24.8 Å². The summed E-state index contributed by atoms with van der Waals surface area (Å²) in [5.74, 6) is 0. The largest absolute Gasteiger partial charge is 0.0991 e. The van der Waals surface area contributed by atoms with Crippen molar-refractivity contribution in [2.75, 3.05) is 0 Å². The molecule has 0 unspecified atom stereocenters. The van der Waals surface area contributed by atoms with Crippen molar-refractivity contribution in [3.8, 4) is 0 Å². The summed E-state index contributed by atoms with van der Waals surface area (Å²) < 4.78 is 0. The summed E-state index contributed by atoms with van der Waals surface area (Å²) in [6, 6.07) is 0. The Morgan fingerprint density at radius 2 is 1.18 bits per heavy atom. The molecule has 0 spiro atoms. The van der Waals surface area contributed by atoms with Crippen molar-refractivity contribution in [3.63, 3.8) is 0 Å². The van der Waals surface area contributed by atoms with Crippen LogP contribution in [-0.2, 0) is 0 Å². The van der Waals surface area contributed by atoms with Crippen molar-refractivity contribution in [3.05, 3.63) is 24.8 Å². The molecular formula is C17H32. The van der Waals surface area contributed by atoms with Crippen LogP contribution < -0.4 is 0 Å². The quantitative estimate of drug-likeness (QED) is 0.255. The van der Waals surface area contributed by atoms with Gasteiger partial charge in [-0.15, -0.1) is 0 Å². The fraction of sp³-hybridized carbons (Fsp3) is 0.765. The molecule has 0 rings (SSSR count). The van der Waals surface area contributed by atoms with E-state index in [4.69, 9.17) is 0 Å². The molecule has 0 saturated carbocycles. The molecule has 17 heavy (non-hydrogen) atoms. The number of hydrogen-bond donors (Lipinski definition) is 0. The molecule has 0 fully saturated rings. The van der Waals surface area contributed by atoms with E-state index in [9.17, 15) is 0 Å². The van der Waals surface area contributed by atoms with Crippen molar-refractivity contribution >= 4 is 0 Å². The predicted octanol–water partition coefficient (Wildman–Crippen LogP) is 6.43. The molecule has 0 saturated heterocycles. The van der Waals surface area contributed by atoms with Gasteiger partial charge < -0.3 is 0 Å². The monoisotopic (exact) mass is 236 g/mol. The number of rotatable bonds is 13. The maximum absolute atomic E-state index is 3.67.